The van der Waals surface area contributed by atoms with Gasteiger partial charge in [0, 0.05) is 24.0 Å². The van der Waals surface area contributed by atoms with Crippen LogP contribution in [0.2, 0.25) is 0 Å². The number of para-hydroxylation sites is 1. The molecule has 0 saturated carbocycles. The van der Waals surface area contributed by atoms with Crippen molar-refractivity contribution in [3.8, 4) is 0 Å². The number of hydrogen-bond acceptors (Lipinski definition) is 3. The van der Waals surface area contributed by atoms with Crippen LogP contribution in [0.5, 0.6) is 0 Å². The predicted octanol–water partition coefficient (Wildman–Crippen LogP) is 2.68. The van der Waals surface area contributed by atoms with Crippen LogP contribution in [0.25, 0.3) is 10.9 Å². The van der Waals surface area contributed by atoms with Gasteiger partial charge in [-0.05, 0) is 34.1 Å². The summed E-state index contributed by atoms with van der Waals surface area (Å²) in [5.74, 6) is -0.300. The SMILES string of the molecule is O=C(NCCNC(=O)c1[nH]c2ccccc2c1Br)c1ccco1. The first-order valence-electron chi connectivity index (χ1n) is 7.03. The number of rotatable bonds is 5. The minimum Gasteiger partial charge on any atom is -0.459 e. The summed E-state index contributed by atoms with van der Waals surface area (Å²) in [5, 5.41) is 6.37. The molecule has 0 aliphatic rings. The highest BCUT2D eigenvalue weighted by Crippen LogP contribution is 2.27. The molecule has 3 rings (SSSR count). The Kier molecular flexibility index (Phi) is 4.47. The van der Waals surface area contributed by atoms with Crippen molar-refractivity contribution in [2.45, 2.75) is 0 Å². The van der Waals surface area contributed by atoms with Gasteiger partial charge in [0.25, 0.3) is 11.8 Å². The number of benzene rings is 1. The van der Waals surface area contributed by atoms with Crippen molar-refractivity contribution in [3.63, 3.8) is 0 Å². The molecule has 2 amide bonds. The number of carbonyl (C=O) groups is 2. The van der Waals surface area contributed by atoms with Gasteiger partial charge >= 0.3 is 0 Å². The molecule has 118 valence electrons. The van der Waals surface area contributed by atoms with Gasteiger partial charge in [0.05, 0.1) is 10.7 Å². The number of carbonyl (C=O) groups excluding carboxylic acids is 2. The Morgan fingerprint density at radius 3 is 2.48 bits per heavy atom. The van der Waals surface area contributed by atoms with Gasteiger partial charge in [-0.1, -0.05) is 18.2 Å². The maximum Gasteiger partial charge on any atom is 0.287 e. The van der Waals surface area contributed by atoms with Crippen molar-refractivity contribution in [2.75, 3.05) is 13.1 Å². The average molecular weight is 376 g/mol. The molecule has 6 nitrogen and oxygen atoms in total. The minimum absolute atomic E-state index is 0.236. The fourth-order valence-corrected chi connectivity index (χ4v) is 2.82. The minimum atomic E-state index is -0.309. The fraction of sp³-hybridized carbons (Fsp3) is 0.125. The van der Waals surface area contributed by atoms with Gasteiger partial charge in [-0.15, -0.1) is 0 Å². The van der Waals surface area contributed by atoms with E-state index in [4.69, 9.17) is 4.42 Å². The number of furan rings is 1. The van der Waals surface area contributed by atoms with Gasteiger partial charge in [-0.25, -0.2) is 0 Å². The summed E-state index contributed by atoms with van der Waals surface area (Å²) in [4.78, 5) is 26.9. The predicted molar refractivity (Wildman–Crippen MR) is 89.4 cm³/mol. The number of aromatic amines is 1. The lowest BCUT2D eigenvalue weighted by Gasteiger charge is -2.05. The normalized spacial score (nSPS) is 10.7. The second-order valence-electron chi connectivity index (χ2n) is 4.85. The number of H-pyrrole nitrogens is 1. The molecule has 0 radical (unpaired) electrons. The zero-order valence-corrected chi connectivity index (χ0v) is 13.6. The van der Waals surface area contributed by atoms with Crippen molar-refractivity contribution in [3.05, 3.63) is 58.6 Å². The zero-order chi connectivity index (χ0) is 16.2. The van der Waals surface area contributed by atoms with E-state index < -0.39 is 0 Å². The quantitative estimate of drug-likeness (QED) is 0.599. The Morgan fingerprint density at radius 2 is 1.78 bits per heavy atom. The molecule has 0 bridgehead atoms. The standard InChI is InChI=1S/C16H14BrN3O3/c17-13-10-4-1-2-5-11(10)20-14(13)16(22)19-8-7-18-15(21)12-6-3-9-23-12/h1-6,9,20H,7-8H2,(H,18,21)(H,19,22). The van der Waals surface area contributed by atoms with Crippen LogP contribution >= 0.6 is 15.9 Å². The first-order chi connectivity index (χ1) is 11.2. The van der Waals surface area contributed by atoms with E-state index in [1.165, 1.54) is 6.26 Å². The smallest absolute Gasteiger partial charge is 0.287 e. The third-order valence-corrected chi connectivity index (χ3v) is 4.13. The van der Waals surface area contributed by atoms with E-state index >= 15 is 0 Å². The molecule has 0 atom stereocenters. The molecule has 7 heteroatoms. The van der Waals surface area contributed by atoms with E-state index in [2.05, 4.69) is 31.5 Å². The van der Waals surface area contributed by atoms with Crippen LogP contribution < -0.4 is 10.6 Å². The van der Waals surface area contributed by atoms with Crippen LogP contribution in [-0.2, 0) is 0 Å². The second kappa shape index (κ2) is 6.70. The number of hydrogen-bond donors (Lipinski definition) is 3. The van der Waals surface area contributed by atoms with Gasteiger partial charge in [0.1, 0.15) is 5.69 Å². The number of fused-ring (bicyclic) bond motifs is 1. The Hall–Kier alpha value is -2.54. The van der Waals surface area contributed by atoms with Crippen LogP contribution in [0.4, 0.5) is 0 Å². The molecule has 0 saturated heterocycles. The average Bonchev–Trinajstić information content (AvgIpc) is 3.20. The van der Waals surface area contributed by atoms with Crippen molar-refractivity contribution < 1.29 is 14.0 Å². The van der Waals surface area contributed by atoms with Gasteiger partial charge in [-0.2, -0.15) is 0 Å². The summed E-state index contributed by atoms with van der Waals surface area (Å²) in [6.07, 6.45) is 1.43. The Labute approximate surface area is 140 Å². The largest absolute Gasteiger partial charge is 0.459 e. The molecule has 1 aromatic carbocycles. The van der Waals surface area contributed by atoms with E-state index in [1.807, 2.05) is 24.3 Å². The second-order valence-corrected chi connectivity index (χ2v) is 5.64. The maximum atomic E-state index is 12.2. The van der Waals surface area contributed by atoms with Crippen molar-refractivity contribution in [1.82, 2.24) is 15.6 Å². The van der Waals surface area contributed by atoms with E-state index in [9.17, 15) is 9.59 Å². The number of nitrogens with one attached hydrogen (secondary N) is 3. The van der Waals surface area contributed by atoms with Gasteiger partial charge in [-0.3, -0.25) is 9.59 Å². The summed E-state index contributed by atoms with van der Waals surface area (Å²) in [7, 11) is 0. The van der Waals surface area contributed by atoms with Gasteiger partial charge < -0.3 is 20.0 Å². The molecular formula is C16H14BrN3O3. The van der Waals surface area contributed by atoms with Gasteiger partial charge in [0.2, 0.25) is 0 Å². The fourth-order valence-electron chi connectivity index (χ4n) is 2.20. The molecule has 2 aromatic heterocycles. The molecule has 0 fully saturated rings. The Morgan fingerprint density at radius 1 is 1.04 bits per heavy atom. The lowest BCUT2D eigenvalue weighted by atomic mass is 10.2. The van der Waals surface area contributed by atoms with Crippen LogP contribution in [0.3, 0.4) is 0 Å². The highest BCUT2D eigenvalue weighted by Gasteiger charge is 2.15. The summed E-state index contributed by atoms with van der Waals surface area (Å²) < 4.78 is 5.71. The molecule has 0 aliphatic carbocycles. The van der Waals surface area contributed by atoms with E-state index in [0.717, 1.165) is 15.4 Å². The summed E-state index contributed by atoms with van der Waals surface area (Å²) in [6.45, 7) is 0.621. The molecular weight excluding hydrogens is 362 g/mol. The number of amides is 2. The Balaban J connectivity index is 1.55. The monoisotopic (exact) mass is 375 g/mol. The molecule has 2 heterocycles. The maximum absolute atomic E-state index is 12.2. The van der Waals surface area contributed by atoms with Crippen molar-refractivity contribution in [1.29, 1.82) is 0 Å². The summed E-state index contributed by atoms with van der Waals surface area (Å²) >= 11 is 3.44. The third kappa shape index (κ3) is 3.29. The van der Waals surface area contributed by atoms with E-state index in [1.54, 1.807) is 12.1 Å². The summed E-state index contributed by atoms with van der Waals surface area (Å²) in [5.41, 5.74) is 1.35. The lowest BCUT2D eigenvalue weighted by molar-refractivity contribution is 0.0909. The number of halogens is 1. The van der Waals surface area contributed by atoms with Crippen LogP contribution in [0, 0.1) is 0 Å². The van der Waals surface area contributed by atoms with Crippen LogP contribution in [-0.4, -0.2) is 29.9 Å². The molecule has 23 heavy (non-hydrogen) atoms. The highest BCUT2D eigenvalue weighted by molar-refractivity contribution is 9.10. The molecule has 0 unspecified atom stereocenters. The lowest BCUT2D eigenvalue weighted by Crippen LogP contribution is -2.34. The topological polar surface area (TPSA) is 87.1 Å². The van der Waals surface area contributed by atoms with E-state index in [0.29, 0.717) is 18.8 Å². The molecule has 3 aromatic rings. The third-order valence-electron chi connectivity index (χ3n) is 3.31. The van der Waals surface area contributed by atoms with E-state index in [-0.39, 0.29) is 17.6 Å². The molecule has 3 N–H and O–H groups in total. The van der Waals surface area contributed by atoms with Crippen LogP contribution in [0.1, 0.15) is 21.0 Å². The summed E-state index contributed by atoms with van der Waals surface area (Å²) in [6, 6.07) is 10.9. The van der Waals surface area contributed by atoms with Crippen LogP contribution in [0.15, 0.2) is 51.6 Å². The zero-order valence-electron chi connectivity index (χ0n) is 12.1. The first-order valence-corrected chi connectivity index (χ1v) is 7.82. The molecule has 0 aliphatic heterocycles. The van der Waals surface area contributed by atoms with Crippen molar-refractivity contribution in [2.24, 2.45) is 0 Å². The molecule has 0 spiro atoms. The highest BCUT2D eigenvalue weighted by atomic mass is 79.9. The first kappa shape index (κ1) is 15.4. The number of aromatic nitrogens is 1. The van der Waals surface area contributed by atoms with Gasteiger partial charge in [0.15, 0.2) is 5.76 Å². The van der Waals surface area contributed by atoms with Crippen molar-refractivity contribution >= 4 is 38.6 Å². The Bertz CT molecular complexity index is 840.